The Morgan fingerprint density at radius 1 is 0.784 bits per heavy atom. The summed E-state index contributed by atoms with van der Waals surface area (Å²) in [7, 11) is -7.64. The summed E-state index contributed by atoms with van der Waals surface area (Å²) in [5.74, 6) is -0.619. The molecule has 0 radical (unpaired) electrons. The van der Waals surface area contributed by atoms with Gasteiger partial charge in [-0.2, -0.15) is 4.31 Å². The van der Waals surface area contributed by atoms with Gasteiger partial charge in [0.2, 0.25) is 10.0 Å². The predicted molar refractivity (Wildman–Crippen MR) is 145 cm³/mol. The van der Waals surface area contributed by atoms with Gasteiger partial charge in [-0.25, -0.2) is 16.8 Å². The molecular formula is C25H25Cl2N3O5S2. The molecule has 4 rings (SSSR count). The van der Waals surface area contributed by atoms with Crippen molar-refractivity contribution >= 4 is 60.5 Å². The van der Waals surface area contributed by atoms with Crippen LogP contribution in [0.3, 0.4) is 0 Å². The number of hydrogen-bond acceptors (Lipinski definition) is 5. The van der Waals surface area contributed by atoms with Crippen molar-refractivity contribution in [2.75, 3.05) is 23.1 Å². The summed E-state index contributed by atoms with van der Waals surface area (Å²) in [6.07, 6.45) is 2.67. The van der Waals surface area contributed by atoms with E-state index in [0.29, 0.717) is 29.4 Å². The third-order valence-electron chi connectivity index (χ3n) is 5.99. The number of amides is 1. The van der Waals surface area contributed by atoms with Crippen molar-refractivity contribution in [1.82, 2.24) is 4.31 Å². The summed E-state index contributed by atoms with van der Waals surface area (Å²) in [4.78, 5) is 13.3. The van der Waals surface area contributed by atoms with E-state index < -0.39 is 26.0 Å². The van der Waals surface area contributed by atoms with Crippen molar-refractivity contribution < 1.29 is 21.6 Å². The number of sulfonamides is 2. The van der Waals surface area contributed by atoms with Crippen molar-refractivity contribution in [2.24, 2.45) is 0 Å². The second-order valence-electron chi connectivity index (χ2n) is 8.64. The van der Waals surface area contributed by atoms with Crippen molar-refractivity contribution in [3.8, 4) is 0 Å². The van der Waals surface area contributed by atoms with E-state index >= 15 is 0 Å². The standard InChI is InChI=1S/C25H25Cl2N3O5S2/c1-17-15-21(37(34,35)30-13-3-2-4-14-30)10-12-23(17)28-25(31)22-16-19(27)7-11-24(22)29-36(32,33)20-8-5-18(26)6-9-20/h5-12,15-16,29H,2-4,13-14H2,1H3,(H,28,31). The van der Waals surface area contributed by atoms with Crippen molar-refractivity contribution in [1.29, 1.82) is 0 Å². The van der Waals surface area contributed by atoms with Crippen LogP contribution in [-0.2, 0) is 20.0 Å². The highest BCUT2D eigenvalue weighted by atomic mass is 35.5. The molecule has 0 aromatic heterocycles. The van der Waals surface area contributed by atoms with Gasteiger partial charge in [0.25, 0.3) is 15.9 Å². The molecule has 196 valence electrons. The van der Waals surface area contributed by atoms with E-state index in [0.717, 1.165) is 19.3 Å². The van der Waals surface area contributed by atoms with Gasteiger partial charge in [0, 0.05) is 28.8 Å². The van der Waals surface area contributed by atoms with Gasteiger partial charge in [-0.3, -0.25) is 9.52 Å². The summed E-state index contributed by atoms with van der Waals surface area (Å²) in [5.41, 5.74) is 0.944. The quantitative estimate of drug-likeness (QED) is 0.381. The van der Waals surface area contributed by atoms with E-state index in [9.17, 15) is 21.6 Å². The Bertz CT molecular complexity index is 1540. The predicted octanol–water partition coefficient (Wildman–Crippen LogP) is 5.53. The van der Waals surface area contributed by atoms with E-state index in [-0.39, 0.29) is 26.1 Å². The van der Waals surface area contributed by atoms with E-state index in [1.165, 1.54) is 65.0 Å². The number of rotatable bonds is 7. The number of benzene rings is 3. The molecule has 1 fully saturated rings. The first-order chi connectivity index (χ1) is 17.5. The lowest BCUT2D eigenvalue weighted by Gasteiger charge is -2.26. The SMILES string of the molecule is Cc1cc(S(=O)(=O)N2CCCCC2)ccc1NC(=O)c1cc(Cl)ccc1NS(=O)(=O)c1ccc(Cl)cc1. The van der Waals surface area contributed by atoms with Crippen molar-refractivity contribution in [2.45, 2.75) is 36.0 Å². The Kier molecular flexibility index (Phi) is 8.15. The molecule has 0 bridgehead atoms. The van der Waals surface area contributed by atoms with Gasteiger partial charge >= 0.3 is 0 Å². The minimum atomic E-state index is -4.02. The Balaban J connectivity index is 1.58. The normalized spacial score (nSPS) is 14.8. The first-order valence-corrected chi connectivity index (χ1v) is 15.2. The van der Waals surface area contributed by atoms with Crippen LogP contribution >= 0.6 is 23.2 Å². The summed E-state index contributed by atoms with van der Waals surface area (Å²) in [6.45, 7) is 2.67. The number of nitrogens with one attached hydrogen (secondary N) is 2. The highest BCUT2D eigenvalue weighted by molar-refractivity contribution is 7.92. The summed E-state index contributed by atoms with van der Waals surface area (Å²) < 4.78 is 55.6. The van der Waals surface area contributed by atoms with E-state index in [2.05, 4.69) is 10.0 Å². The van der Waals surface area contributed by atoms with Crippen LogP contribution in [0, 0.1) is 6.92 Å². The number of halogens is 2. The molecule has 0 saturated carbocycles. The number of anilines is 2. The van der Waals surface area contributed by atoms with E-state index in [1.807, 2.05) is 0 Å². The Hall–Kier alpha value is -2.63. The number of carbonyl (C=O) groups is 1. The van der Waals surface area contributed by atoms with Crippen LogP contribution in [0.5, 0.6) is 0 Å². The summed E-state index contributed by atoms with van der Waals surface area (Å²) in [6, 6.07) is 14.3. The maximum atomic E-state index is 13.2. The molecule has 0 spiro atoms. The maximum Gasteiger partial charge on any atom is 0.261 e. The van der Waals surface area contributed by atoms with Crippen LogP contribution in [0.25, 0.3) is 0 Å². The smallest absolute Gasteiger partial charge is 0.261 e. The summed E-state index contributed by atoms with van der Waals surface area (Å²) >= 11 is 12.0. The molecule has 0 aliphatic carbocycles. The molecule has 37 heavy (non-hydrogen) atoms. The van der Waals surface area contributed by atoms with Crippen LogP contribution in [-0.4, -0.2) is 40.1 Å². The molecule has 3 aromatic carbocycles. The topological polar surface area (TPSA) is 113 Å². The third kappa shape index (κ3) is 6.27. The Labute approximate surface area is 226 Å². The molecule has 1 aliphatic rings. The fourth-order valence-electron chi connectivity index (χ4n) is 3.99. The molecule has 0 unspecified atom stereocenters. The lowest BCUT2D eigenvalue weighted by Crippen LogP contribution is -2.35. The Morgan fingerprint density at radius 3 is 2.03 bits per heavy atom. The van der Waals surface area contributed by atoms with Crippen molar-refractivity contribution in [3.05, 3.63) is 81.8 Å². The molecule has 3 aromatic rings. The second kappa shape index (κ2) is 11.0. The Morgan fingerprint density at radius 2 is 1.38 bits per heavy atom. The number of carbonyl (C=O) groups excluding carboxylic acids is 1. The summed E-state index contributed by atoms with van der Waals surface area (Å²) in [5, 5.41) is 3.35. The van der Waals surface area contributed by atoms with E-state index in [4.69, 9.17) is 23.2 Å². The molecule has 1 amide bonds. The molecule has 0 atom stereocenters. The van der Waals surface area contributed by atoms with Gasteiger partial charge < -0.3 is 5.32 Å². The fourth-order valence-corrected chi connectivity index (χ4v) is 6.97. The van der Waals surface area contributed by atoms with Crippen LogP contribution < -0.4 is 10.0 Å². The van der Waals surface area contributed by atoms with Gasteiger partial charge in [0.05, 0.1) is 21.0 Å². The number of nitrogens with zero attached hydrogens (tertiary/aromatic N) is 1. The van der Waals surface area contributed by atoms with Crippen LogP contribution in [0.4, 0.5) is 11.4 Å². The first-order valence-electron chi connectivity index (χ1n) is 11.5. The zero-order valence-electron chi connectivity index (χ0n) is 19.9. The molecular weight excluding hydrogens is 557 g/mol. The number of aryl methyl sites for hydroxylation is 1. The number of piperidine rings is 1. The molecule has 2 N–H and O–H groups in total. The molecule has 1 aliphatic heterocycles. The van der Waals surface area contributed by atoms with E-state index in [1.54, 1.807) is 6.92 Å². The third-order valence-corrected chi connectivity index (χ3v) is 9.76. The zero-order chi connectivity index (χ0) is 26.8. The minimum absolute atomic E-state index is 0.00514. The molecule has 12 heteroatoms. The van der Waals surface area contributed by atoms with Crippen molar-refractivity contribution in [3.63, 3.8) is 0 Å². The highest BCUT2D eigenvalue weighted by Gasteiger charge is 2.26. The lowest BCUT2D eigenvalue weighted by molar-refractivity contribution is 0.102. The molecule has 1 saturated heterocycles. The van der Waals surface area contributed by atoms with Gasteiger partial charge in [-0.05, 0) is 86.0 Å². The molecule has 8 nitrogen and oxygen atoms in total. The van der Waals surface area contributed by atoms with Crippen LogP contribution in [0.2, 0.25) is 10.0 Å². The number of hydrogen-bond donors (Lipinski definition) is 2. The van der Waals surface area contributed by atoms with Crippen LogP contribution in [0.15, 0.2) is 70.5 Å². The average molecular weight is 583 g/mol. The monoisotopic (exact) mass is 581 g/mol. The maximum absolute atomic E-state index is 13.2. The molecule has 1 heterocycles. The average Bonchev–Trinajstić information content (AvgIpc) is 2.87. The minimum Gasteiger partial charge on any atom is -0.322 e. The zero-order valence-corrected chi connectivity index (χ0v) is 23.0. The van der Waals surface area contributed by atoms with Gasteiger partial charge in [0.1, 0.15) is 0 Å². The van der Waals surface area contributed by atoms with Gasteiger partial charge in [-0.15, -0.1) is 0 Å². The van der Waals surface area contributed by atoms with Crippen LogP contribution in [0.1, 0.15) is 35.2 Å². The lowest BCUT2D eigenvalue weighted by atomic mass is 10.1. The largest absolute Gasteiger partial charge is 0.322 e. The fraction of sp³-hybridized carbons (Fsp3) is 0.240. The second-order valence-corrected chi connectivity index (χ2v) is 13.1. The highest BCUT2D eigenvalue weighted by Crippen LogP contribution is 2.28. The first kappa shape index (κ1) is 27.4. The van der Waals surface area contributed by atoms with Gasteiger partial charge in [0.15, 0.2) is 0 Å². The van der Waals surface area contributed by atoms with Gasteiger partial charge in [-0.1, -0.05) is 29.6 Å².